The molecule has 2 rings (SSSR count). The number of alkyl halides is 3. The van der Waals surface area contributed by atoms with Crippen molar-refractivity contribution in [3.63, 3.8) is 0 Å². The smallest absolute Gasteiger partial charge is 0.423 e. The summed E-state index contributed by atoms with van der Waals surface area (Å²) in [5.41, 5.74) is 6.78. The lowest BCUT2D eigenvalue weighted by molar-refractivity contribution is -0.274. The Morgan fingerprint density at radius 3 is 2.35 bits per heavy atom. The lowest BCUT2D eigenvalue weighted by Crippen LogP contribution is -2.34. The van der Waals surface area contributed by atoms with Crippen LogP contribution in [0.1, 0.15) is 5.56 Å². The summed E-state index contributed by atoms with van der Waals surface area (Å²) in [6.45, 7) is 0.251. The van der Waals surface area contributed by atoms with E-state index < -0.39 is 19.2 Å². The number of hydrazine groups is 1. The molecule has 0 aliphatic rings. The lowest BCUT2D eigenvalue weighted by Gasteiger charge is -2.15. The van der Waals surface area contributed by atoms with E-state index in [0.717, 1.165) is 11.8 Å². The fourth-order valence-corrected chi connectivity index (χ4v) is 1.90. The molecule has 0 saturated carbocycles. The first-order chi connectivity index (χ1) is 10.8. The Bertz CT molecular complexity index is 639. The van der Waals surface area contributed by atoms with E-state index in [0.29, 0.717) is 5.56 Å². The van der Waals surface area contributed by atoms with Gasteiger partial charge in [-0.1, -0.05) is 30.3 Å². The summed E-state index contributed by atoms with van der Waals surface area (Å²) in [6, 6.07) is 12.9. The second-order valence-corrected chi connectivity index (χ2v) is 4.64. The molecule has 0 spiro atoms. The zero-order valence-electron chi connectivity index (χ0n) is 11.8. The molecule has 0 heterocycles. The molecule has 4 N–H and O–H groups in total. The quantitative estimate of drug-likeness (QED) is 0.477. The largest absolute Gasteiger partial charge is 0.573 e. The normalized spacial score (nSPS) is 11.2. The van der Waals surface area contributed by atoms with Crippen molar-refractivity contribution in [3.05, 3.63) is 54.1 Å². The van der Waals surface area contributed by atoms with Crippen molar-refractivity contribution in [2.75, 3.05) is 5.43 Å². The summed E-state index contributed by atoms with van der Waals surface area (Å²) in [5.74, 6) is -0.646. The van der Waals surface area contributed by atoms with Crippen molar-refractivity contribution >= 4 is 18.3 Å². The first-order valence-corrected chi connectivity index (χ1v) is 6.64. The summed E-state index contributed by atoms with van der Waals surface area (Å²) in [6.07, 6.45) is -4.90. The molecule has 2 aromatic rings. The van der Waals surface area contributed by atoms with E-state index in [9.17, 15) is 23.2 Å². The van der Waals surface area contributed by atoms with E-state index in [1.54, 1.807) is 0 Å². The van der Waals surface area contributed by atoms with Gasteiger partial charge in [0.25, 0.3) is 0 Å². The van der Waals surface area contributed by atoms with Crippen molar-refractivity contribution in [1.29, 1.82) is 0 Å². The standard InChI is InChI=1S/C14H14BF3N2O3/c16-14(17,18)23-13-7-6-10(8-12(13)15(21)22)9-19-20-11-4-2-1-3-5-11/h1-8,19-22H,9H2. The molecule has 0 atom stereocenters. The van der Waals surface area contributed by atoms with Crippen molar-refractivity contribution in [2.24, 2.45) is 0 Å². The third kappa shape index (κ3) is 5.48. The number of para-hydroxylation sites is 1. The summed E-state index contributed by atoms with van der Waals surface area (Å²) >= 11 is 0. The van der Waals surface area contributed by atoms with Crippen molar-refractivity contribution < 1.29 is 28.0 Å². The highest BCUT2D eigenvalue weighted by Gasteiger charge is 2.33. The molecule has 0 unspecified atom stereocenters. The van der Waals surface area contributed by atoms with Crippen molar-refractivity contribution in [3.8, 4) is 5.75 Å². The Balaban J connectivity index is 2.04. The highest BCUT2D eigenvalue weighted by atomic mass is 19.4. The van der Waals surface area contributed by atoms with E-state index in [2.05, 4.69) is 15.6 Å². The van der Waals surface area contributed by atoms with Crippen LogP contribution in [0.4, 0.5) is 18.9 Å². The van der Waals surface area contributed by atoms with Gasteiger partial charge in [-0.3, -0.25) is 0 Å². The Hall–Kier alpha value is -2.23. The van der Waals surface area contributed by atoms with Crippen LogP contribution in [-0.4, -0.2) is 23.5 Å². The molecule has 9 heteroatoms. The van der Waals surface area contributed by atoms with Crippen LogP contribution >= 0.6 is 0 Å². The first-order valence-electron chi connectivity index (χ1n) is 6.64. The Kier molecular flexibility index (Phi) is 5.48. The molecule has 0 amide bonds. The third-order valence-corrected chi connectivity index (χ3v) is 2.88. The second-order valence-electron chi connectivity index (χ2n) is 4.64. The molecule has 5 nitrogen and oxygen atoms in total. The highest BCUT2D eigenvalue weighted by Crippen LogP contribution is 2.21. The summed E-state index contributed by atoms with van der Waals surface area (Å²) in [4.78, 5) is 0. The van der Waals surface area contributed by atoms with Gasteiger partial charge in [-0.2, -0.15) is 0 Å². The van der Waals surface area contributed by atoms with Crippen LogP contribution in [0.25, 0.3) is 0 Å². The third-order valence-electron chi connectivity index (χ3n) is 2.88. The number of hydrogen-bond donors (Lipinski definition) is 4. The van der Waals surface area contributed by atoms with Crippen molar-refractivity contribution in [1.82, 2.24) is 5.43 Å². The molecule has 0 aromatic heterocycles. The summed E-state index contributed by atoms with van der Waals surface area (Å²) < 4.78 is 40.6. The van der Waals surface area contributed by atoms with Crippen LogP contribution < -0.4 is 21.1 Å². The van der Waals surface area contributed by atoms with E-state index in [4.69, 9.17) is 0 Å². The van der Waals surface area contributed by atoms with Gasteiger partial charge >= 0.3 is 13.5 Å². The topological polar surface area (TPSA) is 73.8 Å². The van der Waals surface area contributed by atoms with Gasteiger partial charge in [0.1, 0.15) is 5.75 Å². The fraction of sp³-hybridized carbons (Fsp3) is 0.143. The molecule has 0 bridgehead atoms. The average molecular weight is 326 g/mol. The van der Waals surface area contributed by atoms with Gasteiger partial charge in [0.05, 0.1) is 0 Å². The van der Waals surface area contributed by atoms with E-state index in [1.165, 1.54) is 12.1 Å². The summed E-state index contributed by atoms with van der Waals surface area (Å²) in [5, 5.41) is 18.4. The molecule has 2 aromatic carbocycles. The number of hydrogen-bond acceptors (Lipinski definition) is 5. The minimum atomic E-state index is -4.90. The Morgan fingerprint density at radius 1 is 1.04 bits per heavy atom. The lowest BCUT2D eigenvalue weighted by atomic mass is 9.78. The van der Waals surface area contributed by atoms with Crippen LogP contribution in [-0.2, 0) is 6.54 Å². The number of benzene rings is 2. The average Bonchev–Trinajstić information content (AvgIpc) is 2.48. The van der Waals surface area contributed by atoms with Gasteiger partial charge in [-0.15, -0.1) is 13.2 Å². The van der Waals surface area contributed by atoms with Gasteiger partial charge in [-0.25, -0.2) is 5.43 Å². The van der Waals surface area contributed by atoms with Gasteiger partial charge in [0.2, 0.25) is 0 Å². The minimum absolute atomic E-state index is 0.251. The first kappa shape index (κ1) is 17.1. The molecule has 0 aliphatic carbocycles. The maximum atomic E-state index is 12.3. The number of anilines is 1. The zero-order chi connectivity index (χ0) is 16.9. The molecule has 0 radical (unpaired) electrons. The predicted molar refractivity (Wildman–Crippen MR) is 79.9 cm³/mol. The van der Waals surface area contributed by atoms with Crippen molar-refractivity contribution in [2.45, 2.75) is 12.9 Å². The molecule has 23 heavy (non-hydrogen) atoms. The van der Waals surface area contributed by atoms with E-state index in [-0.39, 0.29) is 12.0 Å². The predicted octanol–water partition coefficient (Wildman–Crippen LogP) is 1.38. The van der Waals surface area contributed by atoms with E-state index >= 15 is 0 Å². The molecular formula is C14H14BF3N2O3. The van der Waals surface area contributed by atoms with Crippen LogP contribution in [0.15, 0.2) is 48.5 Å². The van der Waals surface area contributed by atoms with Crippen LogP contribution in [0.3, 0.4) is 0 Å². The maximum absolute atomic E-state index is 12.3. The maximum Gasteiger partial charge on any atom is 0.573 e. The monoisotopic (exact) mass is 326 g/mol. The SMILES string of the molecule is OB(O)c1cc(CNNc2ccccc2)ccc1OC(F)(F)F. The van der Waals surface area contributed by atoms with Crippen LogP contribution in [0.2, 0.25) is 0 Å². The number of ether oxygens (including phenoxy) is 1. The van der Waals surface area contributed by atoms with Crippen LogP contribution in [0, 0.1) is 0 Å². The molecule has 0 aliphatic heterocycles. The summed E-state index contributed by atoms with van der Waals surface area (Å²) in [7, 11) is -2.07. The second kappa shape index (κ2) is 7.36. The molecule has 0 fully saturated rings. The van der Waals surface area contributed by atoms with Gasteiger partial charge in [0.15, 0.2) is 0 Å². The Morgan fingerprint density at radius 2 is 1.74 bits per heavy atom. The number of halogens is 3. The molecular weight excluding hydrogens is 312 g/mol. The molecule has 0 saturated heterocycles. The van der Waals surface area contributed by atoms with Gasteiger partial charge in [0, 0.05) is 17.7 Å². The molecule has 122 valence electrons. The van der Waals surface area contributed by atoms with E-state index in [1.807, 2.05) is 30.3 Å². The van der Waals surface area contributed by atoms with Gasteiger partial charge in [-0.05, 0) is 23.8 Å². The highest BCUT2D eigenvalue weighted by molar-refractivity contribution is 6.59. The fourth-order valence-electron chi connectivity index (χ4n) is 1.90. The van der Waals surface area contributed by atoms with Gasteiger partial charge < -0.3 is 20.2 Å². The number of nitrogens with one attached hydrogen (secondary N) is 2. The Labute approximate surface area is 130 Å². The zero-order valence-corrected chi connectivity index (χ0v) is 11.8. The van der Waals surface area contributed by atoms with Crippen LogP contribution in [0.5, 0.6) is 5.75 Å². The minimum Gasteiger partial charge on any atom is -0.423 e. The number of rotatable bonds is 6.